The van der Waals surface area contributed by atoms with Crippen LogP contribution in [0.2, 0.25) is 0 Å². The van der Waals surface area contributed by atoms with Crippen molar-refractivity contribution in [3.63, 3.8) is 0 Å². The number of hydrogen-bond donors (Lipinski definition) is 1. The lowest BCUT2D eigenvalue weighted by molar-refractivity contribution is -0.115. The van der Waals surface area contributed by atoms with E-state index in [0.29, 0.717) is 13.2 Å². The number of para-hydroxylation sites is 3. The summed E-state index contributed by atoms with van der Waals surface area (Å²) in [5.74, 6) is -0.0402. The molecule has 1 aromatic heterocycles. The summed E-state index contributed by atoms with van der Waals surface area (Å²) in [4.78, 5) is 17.1. The molecule has 25 heavy (non-hydrogen) atoms. The standard InChI is InChI=1S/C19H21N3O2S/c1-14(18(23)20-15-8-4-3-5-9-15)25-19-21-16-10-6-7-11-17(16)22(19)12-13-24-2/h3-11,14H,12-13H2,1-2H3,(H,20,23)/t14-/m1/s1. The van der Waals surface area contributed by atoms with Crippen molar-refractivity contribution in [2.75, 3.05) is 19.0 Å². The van der Waals surface area contributed by atoms with Crippen molar-refractivity contribution < 1.29 is 9.53 Å². The summed E-state index contributed by atoms with van der Waals surface area (Å²) in [6, 6.07) is 17.5. The van der Waals surface area contributed by atoms with Gasteiger partial charge < -0.3 is 14.6 Å². The third-order valence-electron chi connectivity index (χ3n) is 3.83. The fourth-order valence-corrected chi connectivity index (χ4v) is 3.47. The van der Waals surface area contributed by atoms with Gasteiger partial charge in [-0.15, -0.1) is 0 Å². The van der Waals surface area contributed by atoms with Crippen LogP contribution >= 0.6 is 11.8 Å². The van der Waals surface area contributed by atoms with Crippen LogP contribution in [-0.4, -0.2) is 34.4 Å². The highest BCUT2D eigenvalue weighted by Gasteiger charge is 2.19. The smallest absolute Gasteiger partial charge is 0.237 e. The molecule has 5 nitrogen and oxygen atoms in total. The lowest BCUT2D eigenvalue weighted by atomic mass is 10.3. The van der Waals surface area contributed by atoms with Crippen molar-refractivity contribution in [1.82, 2.24) is 9.55 Å². The highest BCUT2D eigenvalue weighted by Crippen LogP contribution is 2.27. The quantitative estimate of drug-likeness (QED) is 0.655. The summed E-state index contributed by atoms with van der Waals surface area (Å²) in [6.07, 6.45) is 0. The Balaban J connectivity index is 1.78. The molecule has 130 valence electrons. The first-order valence-electron chi connectivity index (χ1n) is 8.16. The number of imidazole rings is 1. The molecule has 0 fully saturated rings. The molecular formula is C19H21N3O2S. The number of nitrogens with zero attached hydrogens (tertiary/aromatic N) is 2. The SMILES string of the molecule is COCCn1c(S[C@H](C)C(=O)Nc2ccccc2)nc2ccccc21. The minimum Gasteiger partial charge on any atom is -0.383 e. The Morgan fingerprint density at radius 2 is 1.92 bits per heavy atom. The Morgan fingerprint density at radius 1 is 1.20 bits per heavy atom. The third kappa shape index (κ3) is 4.21. The molecule has 1 amide bonds. The van der Waals surface area contributed by atoms with Crippen molar-refractivity contribution in [1.29, 1.82) is 0 Å². The van der Waals surface area contributed by atoms with Crippen LogP contribution < -0.4 is 5.32 Å². The van der Waals surface area contributed by atoms with Crippen LogP contribution in [0.4, 0.5) is 5.69 Å². The topological polar surface area (TPSA) is 56.1 Å². The monoisotopic (exact) mass is 355 g/mol. The third-order valence-corrected chi connectivity index (χ3v) is 4.92. The van der Waals surface area contributed by atoms with Crippen LogP contribution in [0, 0.1) is 0 Å². The fourth-order valence-electron chi connectivity index (χ4n) is 2.52. The summed E-state index contributed by atoms with van der Waals surface area (Å²) in [7, 11) is 1.68. The number of amides is 1. The molecule has 3 rings (SSSR count). The van der Waals surface area contributed by atoms with E-state index in [2.05, 4.69) is 14.9 Å². The molecule has 0 aliphatic carbocycles. The minimum absolute atomic E-state index is 0.0402. The average Bonchev–Trinajstić information content (AvgIpc) is 2.97. The van der Waals surface area contributed by atoms with E-state index in [9.17, 15) is 4.79 Å². The number of carbonyl (C=O) groups is 1. The summed E-state index contributed by atoms with van der Waals surface area (Å²) in [5, 5.41) is 3.50. The van der Waals surface area contributed by atoms with E-state index in [1.807, 2.05) is 61.5 Å². The molecule has 0 unspecified atom stereocenters. The first kappa shape index (κ1) is 17.5. The molecule has 2 aromatic carbocycles. The lowest BCUT2D eigenvalue weighted by Crippen LogP contribution is -2.23. The predicted molar refractivity (Wildman–Crippen MR) is 102 cm³/mol. The molecule has 6 heteroatoms. The number of nitrogens with one attached hydrogen (secondary N) is 1. The largest absolute Gasteiger partial charge is 0.383 e. The Labute approximate surface area is 151 Å². The van der Waals surface area contributed by atoms with Gasteiger partial charge in [-0.3, -0.25) is 4.79 Å². The number of methoxy groups -OCH3 is 1. The number of benzene rings is 2. The van der Waals surface area contributed by atoms with Gasteiger partial charge >= 0.3 is 0 Å². The van der Waals surface area contributed by atoms with E-state index >= 15 is 0 Å². The van der Waals surface area contributed by atoms with Gasteiger partial charge in [-0.1, -0.05) is 42.1 Å². The van der Waals surface area contributed by atoms with Gasteiger partial charge in [-0.2, -0.15) is 0 Å². The summed E-state index contributed by atoms with van der Waals surface area (Å²) < 4.78 is 7.32. The molecule has 0 saturated heterocycles. The number of rotatable bonds is 7. The molecule has 0 radical (unpaired) electrons. The Kier molecular flexibility index (Phi) is 5.73. The van der Waals surface area contributed by atoms with E-state index in [4.69, 9.17) is 4.74 Å². The zero-order chi connectivity index (χ0) is 17.6. The maximum Gasteiger partial charge on any atom is 0.237 e. The van der Waals surface area contributed by atoms with E-state index in [0.717, 1.165) is 21.9 Å². The number of thioether (sulfide) groups is 1. The first-order valence-corrected chi connectivity index (χ1v) is 9.04. The van der Waals surface area contributed by atoms with Gasteiger partial charge in [0.1, 0.15) is 0 Å². The molecule has 0 aliphatic rings. The van der Waals surface area contributed by atoms with Crippen molar-refractivity contribution in [3.8, 4) is 0 Å². The van der Waals surface area contributed by atoms with Gasteiger partial charge in [0.2, 0.25) is 5.91 Å². The van der Waals surface area contributed by atoms with Gasteiger partial charge in [0.25, 0.3) is 0 Å². The molecule has 0 spiro atoms. The number of aromatic nitrogens is 2. The van der Waals surface area contributed by atoms with E-state index in [-0.39, 0.29) is 11.2 Å². The van der Waals surface area contributed by atoms with E-state index < -0.39 is 0 Å². The predicted octanol–water partition coefficient (Wildman–Crippen LogP) is 3.80. The number of anilines is 1. The molecule has 1 atom stereocenters. The summed E-state index contributed by atoms with van der Waals surface area (Å²) >= 11 is 1.46. The minimum atomic E-state index is -0.265. The lowest BCUT2D eigenvalue weighted by Gasteiger charge is -2.13. The van der Waals surface area contributed by atoms with Gasteiger partial charge in [0.05, 0.1) is 22.9 Å². The van der Waals surface area contributed by atoms with Crippen molar-refractivity contribution >= 4 is 34.4 Å². The molecular weight excluding hydrogens is 334 g/mol. The number of carbonyl (C=O) groups excluding carboxylic acids is 1. The number of ether oxygens (including phenoxy) is 1. The first-order chi connectivity index (χ1) is 12.2. The summed E-state index contributed by atoms with van der Waals surface area (Å²) in [6.45, 7) is 3.19. The van der Waals surface area contributed by atoms with Gasteiger partial charge in [-0.05, 0) is 31.2 Å². The number of fused-ring (bicyclic) bond motifs is 1. The highest BCUT2D eigenvalue weighted by atomic mass is 32.2. The van der Waals surface area contributed by atoms with Crippen molar-refractivity contribution in [3.05, 3.63) is 54.6 Å². The van der Waals surface area contributed by atoms with Crippen LogP contribution in [-0.2, 0) is 16.1 Å². The van der Waals surface area contributed by atoms with E-state index in [1.165, 1.54) is 11.8 Å². The van der Waals surface area contributed by atoms with Crippen molar-refractivity contribution in [2.45, 2.75) is 23.9 Å². The molecule has 0 aliphatic heterocycles. The molecule has 0 bridgehead atoms. The molecule has 1 N–H and O–H groups in total. The highest BCUT2D eigenvalue weighted by molar-refractivity contribution is 8.00. The van der Waals surface area contributed by atoms with Crippen LogP contribution in [0.1, 0.15) is 6.92 Å². The van der Waals surface area contributed by atoms with Crippen molar-refractivity contribution in [2.24, 2.45) is 0 Å². The van der Waals surface area contributed by atoms with Crippen LogP contribution in [0.25, 0.3) is 11.0 Å². The van der Waals surface area contributed by atoms with Crippen LogP contribution in [0.3, 0.4) is 0 Å². The van der Waals surface area contributed by atoms with Gasteiger partial charge in [0, 0.05) is 19.3 Å². The summed E-state index contributed by atoms with van der Waals surface area (Å²) in [5.41, 5.74) is 2.78. The maximum absolute atomic E-state index is 12.5. The second kappa shape index (κ2) is 8.18. The fraction of sp³-hybridized carbons (Fsp3) is 0.263. The Bertz CT molecular complexity index is 848. The van der Waals surface area contributed by atoms with Gasteiger partial charge in [0.15, 0.2) is 5.16 Å². The van der Waals surface area contributed by atoms with Crippen LogP contribution in [0.15, 0.2) is 59.8 Å². The maximum atomic E-state index is 12.5. The molecule has 3 aromatic rings. The Hall–Kier alpha value is -2.31. The average molecular weight is 355 g/mol. The Morgan fingerprint density at radius 3 is 2.68 bits per heavy atom. The van der Waals surface area contributed by atoms with Crippen LogP contribution in [0.5, 0.6) is 0 Å². The number of hydrogen-bond acceptors (Lipinski definition) is 4. The van der Waals surface area contributed by atoms with E-state index in [1.54, 1.807) is 7.11 Å². The zero-order valence-electron chi connectivity index (χ0n) is 14.3. The normalized spacial score (nSPS) is 12.2. The second-order valence-corrected chi connectivity index (χ2v) is 6.95. The van der Waals surface area contributed by atoms with Gasteiger partial charge in [-0.25, -0.2) is 4.98 Å². The molecule has 1 heterocycles. The second-order valence-electron chi connectivity index (χ2n) is 5.64. The molecule has 0 saturated carbocycles. The zero-order valence-corrected chi connectivity index (χ0v) is 15.1.